The van der Waals surface area contributed by atoms with Crippen LogP contribution in [0.2, 0.25) is 5.15 Å². The Morgan fingerprint density at radius 3 is 2.75 bits per heavy atom. The topological polar surface area (TPSA) is 83.4 Å². The Hall–Kier alpha value is -2.01. The van der Waals surface area contributed by atoms with Crippen LogP contribution in [-0.2, 0) is 0 Å². The van der Waals surface area contributed by atoms with Gasteiger partial charge in [-0.15, -0.1) is 0 Å². The molecule has 0 saturated heterocycles. The second-order valence-corrected chi connectivity index (χ2v) is 3.85. The molecule has 2 heterocycles. The summed E-state index contributed by atoms with van der Waals surface area (Å²) in [6.45, 7) is 0. The van der Waals surface area contributed by atoms with Crippen molar-refractivity contribution in [1.29, 1.82) is 0 Å². The van der Waals surface area contributed by atoms with Crippen LogP contribution in [0.25, 0.3) is 22.2 Å². The zero-order valence-corrected chi connectivity index (χ0v) is 8.92. The monoisotopic (exact) mass is 233 g/mol. The molecule has 2 aromatic heterocycles. The minimum absolute atomic E-state index is 0.468. The van der Waals surface area contributed by atoms with E-state index < -0.39 is 0 Å². The van der Waals surface area contributed by atoms with E-state index in [4.69, 9.17) is 17.3 Å². The predicted octanol–water partition coefficient (Wildman–Crippen LogP) is 2.19. The average molecular weight is 234 g/mol. The highest BCUT2D eigenvalue weighted by Crippen LogP contribution is 2.26. The lowest BCUT2D eigenvalue weighted by atomic mass is 10.1. The van der Waals surface area contributed by atoms with E-state index in [-0.39, 0.29) is 0 Å². The molecule has 4 N–H and O–H groups in total. The van der Waals surface area contributed by atoms with Crippen molar-refractivity contribution < 1.29 is 0 Å². The number of aromatic nitrogens is 4. The molecule has 5 nitrogen and oxygen atoms in total. The van der Waals surface area contributed by atoms with E-state index in [2.05, 4.69) is 20.4 Å². The van der Waals surface area contributed by atoms with Crippen LogP contribution in [0.15, 0.2) is 24.3 Å². The molecule has 0 saturated carbocycles. The summed E-state index contributed by atoms with van der Waals surface area (Å²) in [6.07, 6.45) is 0. The lowest BCUT2D eigenvalue weighted by molar-refractivity contribution is 1.10. The molecule has 1 aromatic carbocycles. The molecule has 0 aliphatic carbocycles. The van der Waals surface area contributed by atoms with Crippen molar-refractivity contribution in [3.63, 3.8) is 0 Å². The highest BCUT2D eigenvalue weighted by molar-refractivity contribution is 6.34. The van der Waals surface area contributed by atoms with Crippen LogP contribution in [0.5, 0.6) is 0 Å². The number of halogens is 1. The number of nitrogens with two attached hydrogens (primary N) is 1. The van der Waals surface area contributed by atoms with Crippen LogP contribution in [-0.4, -0.2) is 20.4 Å². The van der Waals surface area contributed by atoms with Crippen molar-refractivity contribution in [1.82, 2.24) is 20.4 Å². The molecule has 0 atom stereocenters. The van der Waals surface area contributed by atoms with Crippen molar-refractivity contribution in [3.8, 4) is 11.3 Å². The number of rotatable bonds is 1. The number of benzene rings is 1. The van der Waals surface area contributed by atoms with E-state index >= 15 is 0 Å². The fourth-order valence-electron chi connectivity index (χ4n) is 1.63. The van der Waals surface area contributed by atoms with Crippen LogP contribution >= 0.6 is 11.6 Å². The smallest absolute Gasteiger partial charge is 0.145 e. The molecule has 80 valence electrons. The quantitative estimate of drug-likeness (QED) is 0.602. The fourth-order valence-corrected chi connectivity index (χ4v) is 1.83. The number of nitrogen functional groups attached to an aromatic ring is 1. The van der Waals surface area contributed by atoms with Gasteiger partial charge in [0.2, 0.25) is 0 Å². The Morgan fingerprint density at radius 1 is 1.12 bits per heavy atom. The van der Waals surface area contributed by atoms with Gasteiger partial charge in [-0.1, -0.05) is 17.7 Å². The molecule has 0 aliphatic heterocycles. The lowest BCUT2D eigenvalue weighted by Crippen LogP contribution is -1.81. The maximum absolute atomic E-state index is 5.92. The maximum atomic E-state index is 5.92. The average Bonchev–Trinajstić information content (AvgIpc) is 2.86. The van der Waals surface area contributed by atoms with Crippen LogP contribution in [0.3, 0.4) is 0 Å². The number of H-pyrrole nitrogens is 2. The number of fused-ring (bicyclic) bond motifs is 1. The van der Waals surface area contributed by atoms with Crippen molar-refractivity contribution in [2.24, 2.45) is 0 Å². The number of aromatic amines is 2. The molecule has 0 spiro atoms. The second-order valence-electron chi connectivity index (χ2n) is 3.48. The number of hydrogen-bond acceptors (Lipinski definition) is 3. The molecule has 3 aromatic rings. The van der Waals surface area contributed by atoms with Gasteiger partial charge in [-0.25, -0.2) is 0 Å². The number of anilines is 1. The molecule has 0 aliphatic rings. The molecule has 16 heavy (non-hydrogen) atoms. The third-order valence-electron chi connectivity index (χ3n) is 2.42. The molecule has 0 fully saturated rings. The zero-order chi connectivity index (χ0) is 11.1. The zero-order valence-electron chi connectivity index (χ0n) is 8.16. The van der Waals surface area contributed by atoms with E-state index in [1.807, 2.05) is 18.2 Å². The Bertz CT molecular complexity index is 654. The van der Waals surface area contributed by atoms with Gasteiger partial charge in [0.1, 0.15) is 11.0 Å². The number of nitrogens with zero attached hydrogens (tertiary/aromatic N) is 2. The maximum Gasteiger partial charge on any atom is 0.145 e. The molecule has 3 rings (SSSR count). The van der Waals surface area contributed by atoms with Gasteiger partial charge in [-0.2, -0.15) is 10.2 Å². The Labute approximate surface area is 95.6 Å². The summed E-state index contributed by atoms with van der Waals surface area (Å²) in [6, 6.07) is 7.55. The fraction of sp³-hybridized carbons (Fsp3) is 0. The summed E-state index contributed by atoms with van der Waals surface area (Å²) in [5.41, 5.74) is 8.19. The minimum Gasteiger partial charge on any atom is -0.382 e. The largest absolute Gasteiger partial charge is 0.382 e. The molecule has 0 unspecified atom stereocenters. The SMILES string of the molecule is Nc1cc(-c2ccc3c(Cl)[nH]nc3c2)[nH]n1. The summed E-state index contributed by atoms with van der Waals surface area (Å²) in [5.74, 6) is 0.468. The summed E-state index contributed by atoms with van der Waals surface area (Å²) < 4.78 is 0. The van der Waals surface area contributed by atoms with Gasteiger partial charge in [0.15, 0.2) is 0 Å². The first-order chi connectivity index (χ1) is 7.74. The van der Waals surface area contributed by atoms with Crippen LogP contribution in [0.1, 0.15) is 0 Å². The summed E-state index contributed by atoms with van der Waals surface area (Å²) in [7, 11) is 0. The van der Waals surface area contributed by atoms with Crippen molar-refractivity contribution >= 4 is 28.3 Å². The van der Waals surface area contributed by atoms with Gasteiger partial charge in [-0.3, -0.25) is 10.2 Å². The van der Waals surface area contributed by atoms with Crippen molar-refractivity contribution in [2.75, 3.05) is 5.73 Å². The molecule has 0 radical (unpaired) electrons. The Morgan fingerprint density at radius 2 is 2.00 bits per heavy atom. The van der Waals surface area contributed by atoms with Gasteiger partial charge < -0.3 is 5.73 Å². The first-order valence-electron chi connectivity index (χ1n) is 4.69. The van der Waals surface area contributed by atoms with E-state index in [9.17, 15) is 0 Å². The van der Waals surface area contributed by atoms with Crippen LogP contribution in [0.4, 0.5) is 5.82 Å². The standard InChI is InChI=1S/C10H8ClN5/c11-10-6-2-1-5(3-8(6)14-16-10)7-4-9(12)15-13-7/h1-4H,(H,14,16)(H3,12,13,15). The first kappa shape index (κ1) is 9.23. The van der Waals surface area contributed by atoms with Gasteiger partial charge in [-0.05, 0) is 12.1 Å². The van der Waals surface area contributed by atoms with Gasteiger partial charge in [0.05, 0.1) is 11.2 Å². The summed E-state index contributed by atoms with van der Waals surface area (Å²) >= 11 is 5.92. The minimum atomic E-state index is 0.468. The van der Waals surface area contributed by atoms with Crippen LogP contribution < -0.4 is 5.73 Å². The first-order valence-corrected chi connectivity index (χ1v) is 5.07. The van der Waals surface area contributed by atoms with E-state index in [1.54, 1.807) is 6.07 Å². The third kappa shape index (κ3) is 1.33. The van der Waals surface area contributed by atoms with E-state index in [0.717, 1.165) is 22.2 Å². The number of nitrogens with one attached hydrogen (secondary N) is 2. The van der Waals surface area contributed by atoms with Crippen LogP contribution in [0, 0.1) is 0 Å². The predicted molar refractivity (Wildman–Crippen MR) is 63.1 cm³/mol. The molecule has 0 amide bonds. The Kier molecular flexibility index (Phi) is 1.87. The van der Waals surface area contributed by atoms with E-state index in [0.29, 0.717) is 11.0 Å². The van der Waals surface area contributed by atoms with Crippen molar-refractivity contribution in [2.45, 2.75) is 0 Å². The molecular weight excluding hydrogens is 226 g/mol. The highest BCUT2D eigenvalue weighted by Gasteiger charge is 2.06. The van der Waals surface area contributed by atoms with Crippen molar-refractivity contribution in [3.05, 3.63) is 29.4 Å². The summed E-state index contributed by atoms with van der Waals surface area (Å²) in [4.78, 5) is 0. The molecular formula is C10H8ClN5. The second kappa shape index (κ2) is 3.24. The molecule has 6 heteroatoms. The third-order valence-corrected chi connectivity index (χ3v) is 2.71. The van der Waals surface area contributed by atoms with E-state index in [1.165, 1.54) is 0 Å². The number of hydrogen-bond donors (Lipinski definition) is 3. The lowest BCUT2D eigenvalue weighted by Gasteiger charge is -1.96. The van der Waals surface area contributed by atoms with Gasteiger partial charge in [0.25, 0.3) is 0 Å². The highest BCUT2D eigenvalue weighted by atomic mass is 35.5. The molecule has 0 bridgehead atoms. The normalized spacial score (nSPS) is 11.1. The van der Waals surface area contributed by atoms with Gasteiger partial charge in [0, 0.05) is 17.0 Å². The van der Waals surface area contributed by atoms with Gasteiger partial charge >= 0.3 is 0 Å². The Balaban J connectivity index is 2.18. The summed E-state index contributed by atoms with van der Waals surface area (Å²) in [5, 5.41) is 15.0.